The van der Waals surface area contributed by atoms with Gasteiger partial charge in [-0.25, -0.2) is 0 Å². The number of hydrogen-bond acceptors (Lipinski definition) is 20. The Bertz CT molecular complexity index is 2910. The van der Waals surface area contributed by atoms with E-state index >= 15 is 0 Å². The summed E-state index contributed by atoms with van der Waals surface area (Å²) >= 11 is 1.95. The van der Waals surface area contributed by atoms with Crippen molar-refractivity contribution in [2.24, 2.45) is 28.3 Å². The molecule has 2 saturated heterocycles. The smallest absolute Gasteiger partial charge is 0.317 e. The first-order valence-corrected chi connectivity index (χ1v) is 31.2. The zero-order valence-electron chi connectivity index (χ0n) is 50.9. The highest BCUT2D eigenvalue weighted by atomic mass is 127. The van der Waals surface area contributed by atoms with Gasteiger partial charge in [-0.1, -0.05) is 55.5 Å². The van der Waals surface area contributed by atoms with E-state index in [0.717, 1.165) is 10.8 Å². The zero-order valence-corrected chi connectivity index (χ0v) is 53.1. The van der Waals surface area contributed by atoms with Crippen molar-refractivity contribution in [2.75, 3.05) is 112 Å². The van der Waals surface area contributed by atoms with Gasteiger partial charge in [0, 0.05) is 77.2 Å². The number of guanidine groups is 1. The van der Waals surface area contributed by atoms with Crippen LogP contribution in [0.4, 0.5) is 0 Å². The number of Topliss-reactive ketones (excluding diaryl/α,β-unsaturated/α-hetero) is 2. The van der Waals surface area contributed by atoms with Gasteiger partial charge >= 0.3 is 5.97 Å². The first-order chi connectivity index (χ1) is 43.3. The van der Waals surface area contributed by atoms with Crippen LogP contribution in [-0.2, 0) is 70.3 Å². The summed E-state index contributed by atoms with van der Waals surface area (Å²) in [5.41, 5.74) is 12.5. The molecule has 0 aromatic heterocycles. The van der Waals surface area contributed by atoms with Crippen molar-refractivity contribution in [3.8, 4) is 5.75 Å². The lowest BCUT2D eigenvalue weighted by Gasteiger charge is -2.33. The molecule has 0 aliphatic carbocycles. The first-order valence-electron chi connectivity index (χ1n) is 30.2. The number of ether oxygens (including phenoxy) is 2. The number of aliphatic carboxylic acids is 1. The van der Waals surface area contributed by atoms with Crippen LogP contribution in [0.15, 0.2) is 65.7 Å². The van der Waals surface area contributed by atoms with Crippen molar-refractivity contribution in [3.05, 3.63) is 75.4 Å². The minimum absolute atomic E-state index is 0.00608. The van der Waals surface area contributed by atoms with Gasteiger partial charge in [0.1, 0.15) is 31.3 Å². The third kappa shape index (κ3) is 26.2. The number of phenols is 1. The molecule has 2 radical (unpaired) electrons. The molecular formula is C60H86BIN14O14. The van der Waals surface area contributed by atoms with Crippen molar-refractivity contribution in [1.29, 1.82) is 0 Å². The van der Waals surface area contributed by atoms with E-state index in [4.69, 9.17) is 28.9 Å². The van der Waals surface area contributed by atoms with Crippen LogP contribution in [0, 0.1) is 15.4 Å². The molecule has 6 atom stereocenters. The number of aromatic hydroxyl groups is 1. The summed E-state index contributed by atoms with van der Waals surface area (Å²) in [7, 11) is 5.53. The van der Waals surface area contributed by atoms with Gasteiger partial charge in [-0.05, 0) is 121 Å². The normalized spacial score (nSPS) is 20.5. The lowest BCUT2D eigenvalue weighted by atomic mass is 9.82. The Morgan fingerprint density at radius 2 is 1.34 bits per heavy atom. The first kappa shape index (κ1) is 73.4. The predicted molar refractivity (Wildman–Crippen MR) is 343 cm³/mol. The summed E-state index contributed by atoms with van der Waals surface area (Å²) in [6.45, 7) is 4.16. The standard InChI is InChI=1S/C60H86BIN14O14/c1-40-45(10-6-17-65-32-52(80)47(11-4-5-19-68-61)69-54(82)34-73-20-21-74(35-55(83)84)23-25-76(37-90-39-78)27-26-75(24-22-73)36-89-38-77)57(86)71-48(12-7-18-66-60(63)64)59(88)72-50(31-41-13-15-43-8-2-3-9-44(43)28-41)58(87)67-33-53(81)70-49(56(40)85)30-42-14-16-51(79)46(62)29-42/h2-3,8-9,13-16,28-29,38-40,45,47-50,65,68,79H,4-7,10-12,17-27,30-37H2,1H3,(H,67,87)(H,69,82)(H,70,81)(H,71,86)(H,72,88)(H,83,84)(H4,63,64,66)/t40?,45-,47?,48-,49+,50-/m0/s1. The largest absolute Gasteiger partial charge is 0.507 e. The van der Waals surface area contributed by atoms with Gasteiger partial charge in [0.05, 0.1) is 41.8 Å². The van der Waals surface area contributed by atoms with E-state index in [-0.39, 0.29) is 122 Å². The van der Waals surface area contributed by atoms with E-state index in [0.29, 0.717) is 86.3 Å². The number of fused-ring (bicyclic) bond motifs is 1. The molecule has 13 N–H and O–H groups in total. The molecule has 28 nitrogen and oxygen atoms in total. The molecule has 2 aliphatic rings. The Balaban J connectivity index is 1.36. The molecule has 90 heavy (non-hydrogen) atoms. The third-order valence-corrected chi connectivity index (χ3v) is 16.5. The summed E-state index contributed by atoms with van der Waals surface area (Å²) in [5.74, 6) is -7.54. The number of amides is 5. The third-order valence-electron chi connectivity index (χ3n) is 15.7. The fraction of sp³-hybridized carbons (Fsp3) is 0.550. The number of carboxylic acid groups (broad SMARTS) is 1. The molecule has 2 heterocycles. The SMILES string of the molecule is [B]NCCCCC(NC(=O)CN1CCN(COC=O)CCN(COC=O)CCN(CC(=O)O)CC1)C(=O)CNCCC[C@@H]1C(=O)N[C@@H](CCCN=C(N)N)C(=O)N[C@@H](Cc2ccc3ccccc3c2)C(=O)NCC(=O)N[C@H](Cc2ccc(O)c(I)c2)C(=O)C1C. The molecule has 0 saturated carbocycles. The molecule has 3 aromatic carbocycles. The van der Waals surface area contributed by atoms with Crippen LogP contribution >= 0.6 is 22.6 Å². The Kier molecular flexibility index (Phi) is 32.4. The summed E-state index contributed by atoms with van der Waals surface area (Å²) in [4.78, 5) is 146. The number of carboxylic acids is 1. The van der Waals surface area contributed by atoms with Crippen LogP contribution in [0.25, 0.3) is 10.8 Å². The number of halogens is 1. The fourth-order valence-corrected chi connectivity index (χ4v) is 11.2. The molecule has 0 bridgehead atoms. The van der Waals surface area contributed by atoms with Crippen LogP contribution in [0.1, 0.15) is 63.0 Å². The van der Waals surface area contributed by atoms with E-state index in [1.807, 2.05) is 79.8 Å². The van der Waals surface area contributed by atoms with Gasteiger partial charge in [-0.3, -0.25) is 72.5 Å². The van der Waals surface area contributed by atoms with Gasteiger partial charge in [0.2, 0.25) is 29.5 Å². The number of aliphatic imine (C=N–C) groups is 1. The topological polar surface area (TPSA) is 391 Å². The number of hydrogen-bond donors (Lipinski definition) is 11. The number of nitrogens with zero attached hydrogens (tertiary/aromatic N) is 5. The zero-order chi connectivity index (χ0) is 65.4. The second kappa shape index (κ2) is 39.7. The number of unbranched alkanes of at least 4 members (excludes halogenated alkanes) is 1. The number of ketones is 2. The number of rotatable bonds is 31. The second-order valence-electron chi connectivity index (χ2n) is 22.4. The Hall–Kier alpha value is -7.36. The lowest BCUT2D eigenvalue weighted by molar-refractivity contribution is -0.139. The number of phenolic OH excluding ortho intramolecular Hbond substituents is 1. The molecule has 490 valence electrons. The molecular weight excluding hydrogens is 1280 g/mol. The van der Waals surface area contributed by atoms with Crippen LogP contribution in [0.5, 0.6) is 5.75 Å². The summed E-state index contributed by atoms with van der Waals surface area (Å²) in [6, 6.07) is 13.3. The van der Waals surface area contributed by atoms with Gasteiger partial charge in [-0.2, -0.15) is 0 Å². The van der Waals surface area contributed by atoms with Crippen LogP contribution in [-0.4, -0.2) is 240 Å². The second-order valence-corrected chi connectivity index (χ2v) is 23.6. The molecule has 5 amide bonds. The van der Waals surface area contributed by atoms with Crippen molar-refractivity contribution in [1.82, 2.24) is 56.7 Å². The van der Waals surface area contributed by atoms with Crippen LogP contribution in [0.2, 0.25) is 0 Å². The fourth-order valence-electron chi connectivity index (χ4n) is 10.7. The predicted octanol–water partition coefficient (Wildman–Crippen LogP) is -1.77. The highest BCUT2D eigenvalue weighted by Crippen LogP contribution is 2.25. The number of carbonyl (C=O) groups excluding carboxylic acids is 9. The number of nitrogens with two attached hydrogens (primary N) is 2. The summed E-state index contributed by atoms with van der Waals surface area (Å²) < 4.78 is 10.6. The van der Waals surface area contributed by atoms with E-state index in [1.165, 1.54) is 6.07 Å². The molecule has 30 heteroatoms. The monoisotopic (exact) mass is 1360 g/mol. The number of carbonyl (C=O) groups is 10. The summed E-state index contributed by atoms with van der Waals surface area (Å²) in [5, 5.41) is 41.7. The molecule has 3 aromatic rings. The average molecular weight is 1370 g/mol. The van der Waals surface area contributed by atoms with E-state index in [2.05, 4.69) is 42.1 Å². The van der Waals surface area contributed by atoms with Gasteiger partial charge in [0.15, 0.2) is 25.5 Å². The molecule has 2 fully saturated rings. The molecule has 5 rings (SSSR count). The maximum Gasteiger partial charge on any atom is 0.317 e. The minimum atomic E-state index is -1.26. The van der Waals surface area contributed by atoms with Gasteiger partial charge < -0.3 is 68.3 Å². The number of nitrogens with one attached hydrogen (secondary N) is 7. The van der Waals surface area contributed by atoms with E-state index < -0.39 is 83.8 Å². The lowest BCUT2D eigenvalue weighted by Crippen LogP contribution is -2.55. The number of benzene rings is 3. The highest BCUT2D eigenvalue weighted by Gasteiger charge is 2.38. The van der Waals surface area contributed by atoms with Crippen LogP contribution in [0.3, 0.4) is 0 Å². The Morgan fingerprint density at radius 1 is 0.733 bits per heavy atom. The molecule has 2 aliphatic heterocycles. The quantitative estimate of drug-likeness (QED) is 0.00848. The van der Waals surface area contributed by atoms with Gasteiger partial charge in [-0.15, -0.1) is 0 Å². The Labute approximate surface area is 539 Å². The van der Waals surface area contributed by atoms with Crippen molar-refractivity contribution in [3.63, 3.8) is 0 Å². The average Bonchev–Trinajstić information content (AvgIpc) is 1.45. The van der Waals surface area contributed by atoms with Crippen molar-refractivity contribution in [2.45, 2.75) is 88.9 Å². The van der Waals surface area contributed by atoms with Gasteiger partial charge in [0.25, 0.3) is 12.9 Å². The summed E-state index contributed by atoms with van der Waals surface area (Å²) in [6.07, 6.45) is 1.82. The van der Waals surface area contributed by atoms with E-state index in [1.54, 1.807) is 24.0 Å². The minimum Gasteiger partial charge on any atom is -0.507 e. The molecule has 2 unspecified atom stereocenters. The Morgan fingerprint density at radius 3 is 1.98 bits per heavy atom. The molecule has 0 spiro atoms. The van der Waals surface area contributed by atoms with Crippen molar-refractivity contribution < 1.29 is 67.6 Å². The van der Waals surface area contributed by atoms with Crippen LogP contribution < -0.4 is 48.6 Å². The highest BCUT2D eigenvalue weighted by molar-refractivity contribution is 14.1. The van der Waals surface area contributed by atoms with E-state index in [9.17, 15) is 58.2 Å². The maximum absolute atomic E-state index is 14.9. The maximum atomic E-state index is 14.9. The van der Waals surface area contributed by atoms with Crippen molar-refractivity contribution >= 4 is 107 Å².